The summed E-state index contributed by atoms with van der Waals surface area (Å²) in [6.45, 7) is 2.32. The fraction of sp³-hybridized carbons (Fsp3) is 0.467. The molecular formula is C15H17ClN2O4S. The number of esters is 1. The Morgan fingerprint density at radius 3 is 2.61 bits per heavy atom. The minimum Gasteiger partial charge on any atom is -0.444 e. The highest BCUT2D eigenvalue weighted by atomic mass is 35.5. The summed E-state index contributed by atoms with van der Waals surface area (Å²) in [5, 5.41) is 8.73. The zero-order valence-electron chi connectivity index (χ0n) is 12.7. The predicted molar refractivity (Wildman–Crippen MR) is 84.6 cm³/mol. The van der Waals surface area contributed by atoms with Crippen LogP contribution in [-0.2, 0) is 14.8 Å². The monoisotopic (exact) mass is 356 g/mol. The van der Waals surface area contributed by atoms with Crippen molar-refractivity contribution in [2.24, 2.45) is 0 Å². The predicted octanol–water partition coefficient (Wildman–Crippen LogP) is 2.58. The average Bonchev–Trinajstić information content (AvgIpc) is 2.55. The Kier molecular flexibility index (Phi) is 5.63. The van der Waals surface area contributed by atoms with Crippen LogP contribution in [0.3, 0.4) is 0 Å². The lowest BCUT2D eigenvalue weighted by Gasteiger charge is -2.26. The van der Waals surface area contributed by atoms with Crippen LogP contribution < -0.4 is 0 Å². The second kappa shape index (κ2) is 7.30. The van der Waals surface area contributed by atoms with Crippen LogP contribution in [0.5, 0.6) is 0 Å². The quantitative estimate of drug-likeness (QED) is 0.774. The number of carbonyl (C=O) groups is 1. The molecule has 6 nitrogen and oxygen atoms in total. The van der Waals surface area contributed by atoms with Gasteiger partial charge in [-0.3, -0.25) is 0 Å². The first-order chi connectivity index (χ1) is 10.9. The Balaban J connectivity index is 2.33. The molecule has 8 heteroatoms. The zero-order chi connectivity index (χ0) is 17.0. The van der Waals surface area contributed by atoms with Crippen molar-refractivity contribution in [2.75, 3.05) is 13.1 Å². The van der Waals surface area contributed by atoms with Gasteiger partial charge in [-0.15, -0.1) is 0 Å². The molecule has 0 unspecified atom stereocenters. The number of hydrogen-bond acceptors (Lipinski definition) is 5. The van der Waals surface area contributed by atoms with Crippen molar-refractivity contribution in [1.29, 1.82) is 5.26 Å². The molecule has 1 aliphatic heterocycles. The van der Waals surface area contributed by atoms with Crippen LogP contribution in [-0.4, -0.2) is 37.9 Å². The van der Waals surface area contributed by atoms with Crippen molar-refractivity contribution >= 4 is 27.6 Å². The van der Waals surface area contributed by atoms with Gasteiger partial charge in [0.05, 0.1) is 10.6 Å². The van der Waals surface area contributed by atoms with Crippen molar-refractivity contribution in [3.05, 3.63) is 28.8 Å². The first-order valence-corrected chi connectivity index (χ1v) is 9.08. The molecule has 1 aromatic rings. The summed E-state index contributed by atoms with van der Waals surface area (Å²) in [5.74, 6) is -0.759. The van der Waals surface area contributed by atoms with E-state index in [-0.39, 0.29) is 15.5 Å². The summed E-state index contributed by atoms with van der Waals surface area (Å²) < 4.78 is 31.7. The molecule has 1 saturated heterocycles. The fourth-order valence-electron chi connectivity index (χ4n) is 2.33. The number of nitriles is 1. The number of nitrogens with zero attached hydrogens (tertiary/aromatic N) is 2. The highest BCUT2D eigenvalue weighted by Crippen LogP contribution is 2.28. The third-order valence-electron chi connectivity index (χ3n) is 3.57. The molecule has 1 fully saturated rings. The number of hydrogen-bond donors (Lipinski definition) is 0. The molecule has 2 rings (SSSR count). The molecule has 1 atom stereocenters. The largest absolute Gasteiger partial charge is 0.444 e. The summed E-state index contributed by atoms with van der Waals surface area (Å²) in [5.41, 5.74) is 0.0482. The normalized spacial score (nSPS) is 17.3. The van der Waals surface area contributed by atoms with Gasteiger partial charge in [0.25, 0.3) is 0 Å². The van der Waals surface area contributed by atoms with E-state index in [0.717, 1.165) is 19.3 Å². The lowest BCUT2D eigenvalue weighted by molar-refractivity contribution is 0.0435. The van der Waals surface area contributed by atoms with Gasteiger partial charge in [-0.1, -0.05) is 18.0 Å². The molecule has 0 aliphatic carbocycles. The van der Waals surface area contributed by atoms with Gasteiger partial charge in [-0.25, -0.2) is 13.2 Å². The highest BCUT2D eigenvalue weighted by Gasteiger charge is 2.29. The maximum atomic E-state index is 12.7. The summed E-state index contributed by atoms with van der Waals surface area (Å²) in [4.78, 5) is 11.8. The third-order valence-corrected chi connectivity index (χ3v) is 5.95. The van der Waals surface area contributed by atoms with Gasteiger partial charge in [-0.05, 0) is 38.0 Å². The SMILES string of the molecule is C[C@@H](C#N)OC(=O)c1ccc(Cl)c(S(=O)(=O)N2CCCCC2)c1. The number of benzene rings is 1. The second-order valence-electron chi connectivity index (χ2n) is 5.29. The van der Waals surface area contributed by atoms with E-state index >= 15 is 0 Å². The molecule has 0 amide bonds. The Bertz CT molecular complexity index is 736. The van der Waals surface area contributed by atoms with E-state index in [1.165, 1.54) is 29.4 Å². The Morgan fingerprint density at radius 1 is 1.35 bits per heavy atom. The summed E-state index contributed by atoms with van der Waals surface area (Å²) >= 11 is 6.03. The molecule has 0 spiro atoms. The van der Waals surface area contributed by atoms with E-state index < -0.39 is 22.1 Å². The van der Waals surface area contributed by atoms with Gasteiger partial charge in [0.1, 0.15) is 11.0 Å². The summed E-state index contributed by atoms with van der Waals surface area (Å²) in [6.07, 6.45) is 1.69. The molecule has 0 saturated carbocycles. The number of halogens is 1. The number of ether oxygens (including phenoxy) is 1. The van der Waals surface area contributed by atoms with E-state index in [0.29, 0.717) is 13.1 Å². The van der Waals surface area contributed by atoms with E-state index in [1.54, 1.807) is 6.07 Å². The summed E-state index contributed by atoms with van der Waals surface area (Å²) in [7, 11) is -3.75. The highest BCUT2D eigenvalue weighted by molar-refractivity contribution is 7.89. The van der Waals surface area contributed by atoms with Gasteiger partial charge in [-0.2, -0.15) is 9.57 Å². The van der Waals surface area contributed by atoms with Crippen LogP contribution in [0.2, 0.25) is 5.02 Å². The maximum absolute atomic E-state index is 12.7. The molecule has 0 N–H and O–H groups in total. The van der Waals surface area contributed by atoms with Gasteiger partial charge < -0.3 is 4.74 Å². The lowest BCUT2D eigenvalue weighted by Crippen LogP contribution is -2.35. The lowest BCUT2D eigenvalue weighted by atomic mass is 10.2. The van der Waals surface area contributed by atoms with Crippen LogP contribution in [0.1, 0.15) is 36.5 Å². The number of piperidine rings is 1. The molecule has 0 bridgehead atoms. The first-order valence-electron chi connectivity index (χ1n) is 7.26. The maximum Gasteiger partial charge on any atom is 0.339 e. The molecular weight excluding hydrogens is 340 g/mol. The molecule has 1 aromatic carbocycles. The first kappa shape index (κ1) is 17.7. The minimum absolute atomic E-state index is 0.0482. The van der Waals surface area contributed by atoms with Crippen LogP contribution in [0.25, 0.3) is 0 Å². The van der Waals surface area contributed by atoms with Crippen molar-refractivity contribution < 1.29 is 17.9 Å². The third kappa shape index (κ3) is 4.02. The van der Waals surface area contributed by atoms with Crippen LogP contribution in [0.4, 0.5) is 0 Å². The van der Waals surface area contributed by atoms with Crippen LogP contribution in [0, 0.1) is 11.3 Å². The molecule has 1 heterocycles. The van der Waals surface area contributed by atoms with E-state index in [1.807, 2.05) is 0 Å². The zero-order valence-corrected chi connectivity index (χ0v) is 14.2. The van der Waals surface area contributed by atoms with Gasteiger partial charge in [0.2, 0.25) is 10.0 Å². The standard InChI is InChI=1S/C15H17ClN2O4S/c1-11(10-17)22-15(19)12-5-6-13(16)14(9-12)23(20,21)18-7-3-2-4-8-18/h5-6,9,11H,2-4,7-8H2,1H3/t11-/m0/s1. The Morgan fingerprint density at radius 2 is 2.00 bits per heavy atom. The smallest absolute Gasteiger partial charge is 0.339 e. The number of rotatable bonds is 4. The van der Waals surface area contributed by atoms with Gasteiger partial charge in [0.15, 0.2) is 6.10 Å². The average molecular weight is 357 g/mol. The topological polar surface area (TPSA) is 87.5 Å². The molecule has 124 valence electrons. The molecule has 23 heavy (non-hydrogen) atoms. The molecule has 0 radical (unpaired) electrons. The minimum atomic E-state index is -3.75. The molecule has 0 aromatic heterocycles. The fourth-order valence-corrected chi connectivity index (χ4v) is 4.34. The summed E-state index contributed by atoms with van der Waals surface area (Å²) in [6, 6.07) is 5.72. The van der Waals surface area contributed by atoms with E-state index in [2.05, 4.69) is 0 Å². The Labute approximate surface area is 140 Å². The van der Waals surface area contributed by atoms with E-state index in [9.17, 15) is 13.2 Å². The van der Waals surface area contributed by atoms with Gasteiger partial charge in [0, 0.05) is 13.1 Å². The van der Waals surface area contributed by atoms with Crippen molar-refractivity contribution in [3.63, 3.8) is 0 Å². The van der Waals surface area contributed by atoms with E-state index in [4.69, 9.17) is 21.6 Å². The Hall–Kier alpha value is -1.62. The molecule has 1 aliphatic rings. The van der Waals surface area contributed by atoms with Crippen molar-refractivity contribution in [3.8, 4) is 6.07 Å². The van der Waals surface area contributed by atoms with Crippen LogP contribution >= 0.6 is 11.6 Å². The number of sulfonamides is 1. The van der Waals surface area contributed by atoms with Crippen LogP contribution in [0.15, 0.2) is 23.1 Å². The van der Waals surface area contributed by atoms with Gasteiger partial charge >= 0.3 is 5.97 Å². The van der Waals surface area contributed by atoms with Crippen molar-refractivity contribution in [2.45, 2.75) is 37.2 Å². The number of carbonyl (C=O) groups excluding carboxylic acids is 1. The van der Waals surface area contributed by atoms with Crippen molar-refractivity contribution in [1.82, 2.24) is 4.31 Å². The second-order valence-corrected chi connectivity index (χ2v) is 7.60.